The molecule has 1 fully saturated rings. The number of benzene rings is 1. The van der Waals surface area contributed by atoms with Gasteiger partial charge in [-0.05, 0) is 31.0 Å². The molecule has 22 heavy (non-hydrogen) atoms. The van der Waals surface area contributed by atoms with Crippen LogP contribution in [0, 0.1) is 13.8 Å². The Balaban J connectivity index is 2.15. The molecule has 0 saturated carbocycles. The van der Waals surface area contributed by atoms with Gasteiger partial charge >= 0.3 is 0 Å². The van der Waals surface area contributed by atoms with E-state index in [9.17, 15) is 9.59 Å². The molecule has 0 radical (unpaired) electrons. The van der Waals surface area contributed by atoms with Crippen LogP contribution in [0.25, 0.3) is 0 Å². The molecule has 0 aliphatic carbocycles. The minimum absolute atomic E-state index is 0.0341. The lowest BCUT2D eigenvalue weighted by molar-refractivity contribution is -0.134. The Bertz CT molecular complexity index is 581. The molecular formula is C16H21ClN2O3. The maximum Gasteiger partial charge on any atom is 0.227 e. The van der Waals surface area contributed by atoms with Crippen molar-refractivity contribution in [1.29, 1.82) is 0 Å². The van der Waals surface area contributed by atoms with Crippen LogP contribution in [0.1, 0.15) is 16.7 Å². The van der Waals surface area contributed by atoms with E-state index in [4.69, 9.17) is 16.3 Å². The highest BCUT2D eigenvalue weighted by Gasteiger charge is 2.23. The summed E-state index contributed by atoms with van der Waals surface area (Å²) in [6.07, 6.45) is 1.09. The molecule has 0 unspecified atom stereocenters. The first-order valence-electron chi connectivity index (χ1n) is 7.27. The van der Waals surface area contributed by atoms with E-state index in [0.29, 0.717) is 37.0 Å². The Morgan fingerprint density at radius 3 is 2.50 bits per heavy atom. The largest absolute Gasteiger partial charge is 0.496 e. The van der Waals surface area contributed by atoms with Gasteiger partial charge < -0.3 is 14.5 Å². The van der Waals surface area contributed by atoms with Gasteiger partial charge in [-0.2, -0.15) is 0 Å². The second-order valence-corrected chi connectivity index (χ2v) is 5.89. The summed E-state index contributed by atoms with van der Waals surface area (Å²) in [5.74, 6) is 0.728. The third-order valence-corrected chi connectivity index (χ3v) is 4.72. The number of nitrogens with zero attached hydrogens (tertiary/aromatic N) is 2. The highest BCUT2D eigenvalue weighted by molar-refractivity contribution is 6.32. The van der Waals surface area contributed by atoms with E-state index >= 15 is 0 Å². The standard InChI is InChI=1S/C16H21ClN2O3/c1-11-8-14(22-3)13(12(2)16(11)17)9-15(21)19-6-4-18(10-20)5-7-19/h8,10H,4-7,9H2,1-3H3. The summed E-state index contributed by atoms with van der Waals surface area (Å²) in [7, 11) is 1.60. The normalized spacial score (nSPS) is 14.9. The van der Waals surface area contributed by atoms with Crippen molar-refractivity contribution in [1.82, 2.24) is 9.80 Å². The Morgan fingerprint density at radius 2 is 1.95 bits per heavy atom. The van der Waals surface area contributed by atoms with Crippen LogP contribution >= 0.6 is 11.6 Å². The number of methoxy groups -OCH3 is 1. The average Bonchev–Trinajstić information content (AvgIpc) is 2.55. The van der Waals surface area contributed by atoms with E-state index in [1.54, 1.807) is 16.9 Å². The summed E-state index contributed by atoms with van der Waals surface area (Å²) < 4.78 is 5.40. The molecule has 2 rings (SSSR count). The predicted octanol–water partition coefficient (Wildman–Crippen LogP) is 1.81. The van der Waals surface area contributed by atoms with E-state index in [0.717, 1.165) is 23.1 Å². The second-order valence-electron chi connectivity index (χ2n) is 5.51. The summed E-state index contributed by atoms with van der Waals surface area (Å²) in [5, 5.41) is 0.675. The van der Waals surface area contributed by atoms with Crippen molar-refractivity contribution in [3.8, 4) is 5.75 Å². The molecule has 6 heteroatoms. The number of amides is 2. The second kappa shape index (κ2) is 7.01. The van der Waals surface area contributed by atoms with Gasteiger partial charge in [-0.25, -0.2) is 0 Å². The van der Waals surface area contributed by atoms with E-state index in [1.807, 2.05) is 19.9 Å². The third-order valence-electron chi connectivity index (χ3n) is 4.14. The lowest BCUT2D eigenvalue weighted by Crippen LogP contribution is -2.48. The lowest BCUT2D eigenvalue weighted by atomic mass is 10.0. The number of carbonyl (C=O) groups is 2. The van der Waals surface area contributed by atoms with Crippen molar-refractivity contribution < 1.29 is 14.3 Å². The Morgan fingerprint density at radius 1 is 1.32 bits per heavy atom. The highest BCUT2D eigenvalue weighted by atomic mass is 35.5. The van der Waals surface area contributed by atoms with Gasteiger partial charge in [0.25, 0.3) is 0 Å². The Kier molecular flexibility index (Phi) is 5.29. The van der Waals surface area contributed by atoms with Crippen LogP contribution in [0.15, 0.2) is 6.07 Å². The summed E-state index contributed by atoms with van der Waals surface area (Å²) in [5.41, 5.74) is 2.66. The zero-order valence-corrected chi connectivity index (χ0v) is 13.9. The zero-order chi connectivity index (χ0) is 16.3. The molecule has 1 aromatic carbocycles. The van der Waals surface area contributed by atoms with Gasteiger partial charge in [0.15, 0.2) is 0 Å². The van der Waals surface area contributed by atoms with Gasteiger partial charge in [-0.1, -0.05) is 11.6 Å². The zero-order valence-electron chi connectivity index (χ0n) is 13.2. The fourth-order valence-electron chi connectivity index (χ4n) is 2.70. The van der Waals surface area contributed by atoms with Crippen LogP contribution in [0.3, 0.4) is 0 Å². The average molecular weight is 325 g/mol. The van der Waals surface area contributed by atoms with E-state index < -0.39 is 0 Å². The van der Waals surface area contributed by atoms with E-state index in [1.165, 1.54) is 0 Å². The van der Waals surface area contributed by atoms with Crippen LogP contribution in [0.2, 0.25) is 5.02 Å². The number of aryl methyl sites for hydroxylation is 1. The fraction of sp³-hybridized carbons (Fsp3) is 0.500. The van der Waals surface area contributed by atoms with E-state index in [2.05, 4.69) is 0 Å². The maximum absolute atomic E-state index is 12.5. The van der Waals surface area contributed by atoms with Gasteiger partial charge in [0.2, 0.25) is 12.3 Å². The predicted molar refractivity (Wildman–Crippen MR) is 85.4 cm³/mol. The first-order valence-corrected chi connectivity index (χ1v) is 7.65. The minimum atomic E-state index is 0.0341. The van der Waals surface area contributed by atoms with Crippen molar-refractivity contribution in [2.45, 2.75) is 20.3 Å². The molecule has 0 aromatic heterocycles. The number of piperazine rings is 1. The molecule has 5 nitrogen and oxygen atoms in total. The molecule has 1 aromatic rings. The molecule has 1 saturated heterocycles. The lowest BCUT2D eigenvalue weighted by Gasteiger charge is -2.32. The molecule has 0 spiro atoms. The van der Waals surface area contributed by atoms with Gasteiger partial charge in [-0.15, -0.1) is 0 Å². The summed E-state index contributed by atoms with van der Waals surface area (Å²) in [6.45, 7) is 6.13. The number of hydrogen-bond donors (Lipinski definition) is 0. The molecule has 0 N–H and O–H groups in total. The Labute approximate surface area is 135 Å². The van der Waals surface area contributed by atoms with Crippen LogP contribution in [0.5, 0.6) is 5.75 Å². The van der Waals surface area contributed by atoms with Gasteiger partial charge in [0.05, 0.1) is 13.5 Å². The summed E-state index contributed by atoms with van der Waals surface area (Å²) in [4.78, 5) is 26.7. The van der Waals surface area contributed by atoms with Gasteiger partial charge in [0.1, 0.15) is 5.75 Å². The van der Waals surface area contributed by atoms with Crippen molar-refractivity contribution >= 4 is 23.9 Å². The van der Waals surface area contributed by atoms with Crippen LogP contribution in [0.4, 0.5) is 0 Å². The number of rotatable bonds is 4. The fourth-order valence-corrected chi connectivity index (χ4v) is 2.87. The van der Waals surface area contributed by atoms with Gasteiger partial charge in [0, 0.05) is 36.8 Å². The SMILES string of the molecule is COc1cc(C)c(Cl)c(C)c1CC(=O)N1CCN(C=O)CC1. The molecule has 1 heterocycles. The first-order chi connectivity index (χ1) is 10.5. The smallest absolute Gasteiger partial charge is 0.227 e. The molecule has 1 aliphatic heterocycles. The van der Waals surface area contributed by atoms with E-state index in [-0.39, 0.29) is 12.3 Å². The van der Waals surface area contributed by atoms with Crippen LogP contribution in [-0.2, 0) is 16.0 Å². The monoisotopic (exact) mass is 324 g/mol. The van der Waals surface area contributed by atoms with Crippen molar-refractivity contribution in [2.75, 3.05) is 33.3 Å². The maximum atomic E-state index is 12.5. The molecule has 120 valence electrons. The molecule has 0 bridgehead atoms. The summed E-state index contributed by atoms with van der Waals surface area (Å²) >= 11 is 6.29. The minimum Gasteiger partial charge on any atom is -0.496 e. The van der Waals surface area contributed by atoms with Crippen molar-refractivity contribution in [3.05, 3.63) is 27.8 Å². The first kappa shape index (κ1) is 16.6. The number of carbonyl (C=O) groups excluding carboxylic acids is 2. The third kappa shape index (κ3) is 3.35. The number of ether oxygens (including phenoxy) is 1. The van der Waals surface area contributed by atoms with Crippen molar-refractivity contribution in [2.24, 2.45) is 0 Å². The molecule has 2 amide bonds. The van der Waals surface area contributed by atoms with Crippen molar-refractivity contribution in [3.63, 3.8) is 0 Å². The number of hydrogen-bond acceptors (Lipinski definition) is 3. The van der Waals surface area contributed by atoms with Crippen LogP contribution < -0.4 is 4.74 Å². The molecule has 1 aliphatic rings. The van der Waals surface area contributed by atoms with Gasteiger partial charge in [-0.3, -0.25) is 9.59 Å². The van der Waals surface area contributed by atoms with Crippen LogP contribution in [-0.4, -0.2) is 55.4 Å². The topological polar surface area (TPSA) is 49.9 Å². The quantitative estimate of drug-likeness (QED) is 0.794. The number of halogens is 1. The molecular weight excluding hydrogens is 304 g/mol. The summed E-state index contributed by atoms with van der Waals surface area (Å²) in [6, 6.07) is 1.86. The molecule has 0 atom stereocenters. The Hall–Kier alpha value is -1.75. The highest BCUT2D eigenvalue weighted by Crippen LogP contribution is 2.32.